The molecule has 0 radical (unpaired) electrons. The molecular formula is C38H25N3. The number of fused-ring (bicyclic) bond motifs is 4. The molecule has 41 heavy (non-hydrogen) atoms. The first kappa shape index (κ1) is 23.4. The molecule has 5 aromatic carbocycles. The van der Waals surface area contributed by atoms with E-state index in [1.165, 1.54) is 27.2 Å². The van der Waals surface area contributed by atoms with E-state index in [4.69, 9.17) is 9.97 Å². The van der Waals surface area contributed by atoms with E-state index in [9.17, 15) is 0 Å². The maximum Gasteiger partial charge on any atom is 0.0709 e. The summed E-state index contributed by atoms with van der Waals surface area (Å²) in [7, 11) is 0. The molecule has 3 nitrogen and oxygen atoms in total. The Hall–Kier alpha value is -5.54. The van der Waals surface area contributed by atoms with E-state index in [0.29, 0.717) is 0 Å². The zero-order chi connectivity index (χ0) is 27.2. The third-order valence-electron chi connectivity index (χ3n) is 7.87. The van der Waals surface area contributed by atoms with E-state index in [2.05, 4.69) is 132 Å². The molecule has 0 spiro atoms. The van der Waals surface area contributed by atoms with Gasteiger partial charge < -0.3 is 4.57 Å². The van der Waals surface area contributed by atoms with Crippen molar-refractivity contribution in [2.45, 2.75) is 0 Å². The van der Waals surface area contributed by atoms with Crippen LogP contribution in [0, 0.1) is 0 Å². The van der Waals surface area contributed by atoms with Crippen LogP contribution in [-0.4, -0.2) is 14.5 Å². The van der Waals surface area contributed by atoms with E-state index in [1.807, 2.05) is 24.5 Å². The number of rotatable bonds is 4. The van der Waals surface area contributed by atoms with Gasteiger partial charge in [0.25, 0.3) is 0 Å². The van der Waals surface area contributed by atoms with Crippen LogP contribution < -0.4 is 0 Å². The van der Waals surface area contributed by atoms with Crippen LogP contribution in [0.1, 0.15) is 0 Å². The number of hydrogen-bond acceptors (Lipinski definition) is 2. The molecule has 0 aliphatic rings. The standard InChI is InChI=1S/C38H25N3/c1-2-9-26(10-3-1)28-19-20-39-35(23-28)30-17-18-34-33-15-6-7-16-37(33)41(38(34)24-30)32-14-8-13-29(21-32)36-22-27-11-4-5-12-31(27)25-40-36/h1-25H. The second-order valence-corrected chi connectivity index (χ2v) is 10.3. The Morgan fingerprint density at radius 3 is 2.07 bits per heavy atom. The molecule has 0 saturated heterocycles. The van der Waals surface area contributed by atoms with Gasteiger partial charge >= 0.3 is 0 Å². The molecule has 0 fully saturated rings. The van der Waals surface area contributed by atoms with Crippen LogP contribution in [0.4, 0.5) is 0 Å². The number of pyridine rings is 2. The van der Waals surface area contributed by atoms with Crippen LogP contribution in [0.15, 0.2) is 152 Å². The number of para-hydroxylation sites is 1. The Morgan fingerprint density at radius 1 is 0.415 bits per heavy atom. The van der Waals surface area contributed by atoms with Crippen molar-refractivity contribution < 1.29 is 0 Å². The van der Waals surface area contributed by atoms with Crippen molar-refractivity contribution in [1.29, 1.82) is 0 Å². The molecule has 192 valence electrons. The zero-order valence-corrected chi connectivity index (χ0v) is 22.3. The van der Waals surface area contributed by atoms with Gasteiger partial charge in [-0.05, 0) is 59.0 Å². The van der Waals surface area contributed by atoms with Gasteiger partial charge in [-0.3, -0.25) is 9.97 Å². The summed E-state index contributed by atoms with van der Waals surface area (Å²) in [6.07, 6.45) is 3.86. The van der Waals surface area contributed by atoms with Gasteiger partial charge in [0.1, 0.15) is 0 Å². The molecule has 3 heteroatoms. The zero-order valence-electron chi connectivity index (χ0n) is 22.3. The van der Waals surface area contributed by atoms with Crippen LogP contribution in [0.5, 0.6) is 0 Å². The molecule has 0 aliphatic carbocycles. The van der Waals surface area contributed by atoms with E-state index >= 15 is 0 Å². The third-order valence-corrected chi connectivity index (χ3v) is 7.87. The first-order chi connectivity index (χ1) is 20.3. The molecule has 3 heterocycles. The first-order valence-electron chi connectivity index (χ1n) is 13.8. The van der Waals surface area contributed by atoms with E-state index in [0.717, 1.165) is 44.7 Å². The lowest BCUT2D eigenvalue weighted by molar-refractivity contribution is 1.18. The average molecular weight is 524 g/mol. The van der Waals surface area contributed by atoms with Gasteiger partial charge in [0, 0.05) is 45.4 Å². The van der Waals surface area contributed by atoms with Crippen molar-refractivity contribution in [3.8, 4) is 39.3 Å². The van der Waals surface area contributed by atoms with Crippen molar-refractivity contribution in [2.24, 2.45) is 0 Å². The monoisotopic (exact) mass is 523 g/mol. The largest absolute Gasteiger partial charge is 0.309 e. The van der Waals surface area contributed by atoms with E-state index in [1.54, 1.807) is 0 Å². The molecule has 0 unspecified atom stereocenters. The minimum Gasteiger partial charge on any atom is -0.309 e. The lowest BCUT2D eigenvalue weighted by Crippen LogP contribution is -1.95. The topological polar surface area (TPSA) is 30.7 Å². The van der Waals surface area contributed by atoms with Gasteiger partial charge in [-0.25, -0.2) is 0 Å². The lowest BCUT2D eigenvalue weighted by atomic mass is 10.0. The van der Waals surface area contributed by atoms with Crippen LogP contribution >= 0.6 is 0 Å². The van der Waals surface area contributed by atoms with Gasteiger partial charge in [0.15, 0.2) is 0 Å². The van der Waals surface area contributed by atoms with Gasteiger partial charge in [-0.1, -0.05) is 97.1 Å². The molecular weight excluding hydrogens is 498 g/mol. The second kappa shape index (κ2) is 9.58. The summed E-state index contributed by atoms with van der Waals surface area (Å²) >= 11 is 0. The van der Waals surface area contributed by atoms with Gasteiger partial charge in [0.05, 0.1) is 22.4 Å². The minimum absolute atomic E-state index is 0.958. The fourth-order valence-electron chi connectivity index (χ4n) is 5.85. The van der Waals surface area contributed by atoms with Crippen LogP contribution in [-0.2, 0) is 0 Å². The number of benzene rings is 5. The predicted molar refractivity (Wildman–Crippen MR) is 170 cm³/mol. The molecule has 0 N–H and O–H groups in total. The summed E-state index contributed by atoms with van der Waals surface area (Å²) in [4.78, 5) is 9.55. The predicted octanol–water partition coefficient (Wildman–Crippen LogP) is 9.73. The Kier molecular flexibility index (Phi) is 5.46. The average Bonchev–Trinajstić information content (AvgIpc) is 3.39. The molecule has 3 aromatic heterocycles. The molecule has 8 aromatic rings. The fraction of sp³-hybridized carbons (Fsp3) is 0. The van der Waals surface area contributed by atoms with Crippen molar-refractivity contribution in [3.63, 3.8) is 0 Å². The highest BCUT2D eigenvalue weighted by atomic mass is 15.0. The first-order valence-corrected chi connectivity index (χ1v) is 13.8. The summed E-state index contributed by atoms with van der Waals surface area (Å²) in [6, 6.07) is 49.2. The Balaban J connectivity index is 1.30. The summed E-state index contributed by atoms with van der Waals surface area (Å²) in [5.74, 6) is 0. The van der Waals surface area contributed by atoms with Gasteiger partial charge in [-0.15, -0.1) is 0 Å². The van der Waals surface area contributed by atoms with Crippen molar-refractivity contribution in [3.05, 3.63) is 152 Å². The molecule has 0 aliphatic heterocycles. The quantitative estimate of drug-likeness (QED) is 0.230. The summed E-state index contributed by atoms with van der Waals surface area (Å²) in [5.41, 5.74) is 9.88. The normalized spacial score (nSPS) is 11.4. The highest BCUT2D eigenvalue weighted by Crippen LogP contribution is 2.36. The number of aromatic nitrogens is 3. The maximum absolute atomic E-state index is 4.79. The molecule has 0 bridgehead atoms. The summed E-state index contributed by atoms with van der Waals surface area (Å²) in [5, 5.41) is 4.79. The highest BCUT2D eigenvalue weighted by Gasteiger charge is 2.15. The van der Waals surface area contributed by atoms with Crippen molar-refractivity contribution in [1.82, 2.24) is 14.5 Å². The fourth-order valence-corrected chi connectivity index (χ4v) is 5.85. The molecule has 8 rings (SSSR count). The molecule has 0 atom stereocenters. The second-order valence-electron chi connectivity index (χ2n) is 10.3. The van der Waals surface area contributed by atoms with Crippen molar-refractivity contribution in [2.75, 3.05) is 0 Å². The van der Waals surface area contributed by atoms with E-state index in [-0.39, 0.29) is 0 Å². The van der Waals surface area contributed by atoms with Crippen LogP contribution in [0.2, 0.25) is 0 Å². The smallest absolute Gasteiger partial charge is 0.0709 e. The Bertz CT molecular complexity index is 2210. The SMILES string of the molecule is c1ccc(-c2ccnc(-c3ccc4c5ccccc5n(-c5cccc(-c6cc7ccccc7cn6)c5)c4c3)c2)cc1. The van der Waals surface area contributed by atoms with Gasteiger partial charge in [-0.2, -0.15) is 0 Å². The number of nitrogens with zero attached hydrogens (tertiary/aromatic N) is 3. The lowest BCUT2D eigenvalue weighted by Gasteiger charge is -2.11. The maximum atomic E-state index is 4.79. The highest BCUT2D eigenvalue weighted by molar-refractivity contribution is 6.10. The number of hydrogen-bond donors (Lipinski definition) is 0. The van der Waals surface area contributed by atoms with Crippen LogP contribution in [0.3, 0.4) is 0 Å². The van der Waals surface area contributed by atoms with Crippen molar-refractivity contribution >= 4 is 32.6 Å². The van der Waals surface area contributed by atoms with E-state index < -0.39 is 0 Å². The summed E-state index contributed by atoms with van der Waals surface area (Å²) in [6.45, 7) is 0. The minimum atomic E-state index is 0.958. The van der Waals surface area contributed by atoms with Gasteiger partial charge in [0.2, 0.25) is 0 Å². The molecule has 0 saturated carbocycles. The third kappa shape index (κ3) is 4.07. The Morgan fingerprint density at radius 2 is 1.15 bits per heavy atom. The van der Waals surface area contributed by atoms with Crippen LogP contribution in [0.25, 0.3) is 71.9 Å². The summed E-state index contributed by atoms with van der Waals surface area (Å²) < 4.78 is 2.36. The molecule has 0 amide bonds. The Labute approximate surface area is 238 Å².